The van der Waals surface area contributed by atoms with Gasteiger partial charge in [0.1, 0.15) is 0 Å². The predicted octanol–water partition coefficient (Wildman–Crippen LogP) is 3.57. The van der Waals surface area contributed by atoms with Crippen molar-refractivity contribution in [1.82, 2.24) is 0 Å². The molecule has 0 saturated carbocycles. The summed E-state index contributed by atoms with van der Waals surface area (Å²) in [6.07, 6.45) is 2.45. The van der Waals surface area contributed by atoms with E-state index in [9.17, 15) is 0 Å². The zero-order valence-corrected chi connectivity index (χ0v) is 12.1. The summed E-state index contributed by atoms with van der Waals surface area (Å²) in [5.74, 6) is 0. The van der Waals surface area contributed by atoms with Gasteiger partial charge in [-0.3, -0.25) is 0 Å². The highest BCUT2D eigenvalue weighted by molar-refractivity contribution is 9.26. The normalized spacial score (nSPS) is 14.9. The molecule has 3 heteroatoms. The average molecular weight is 287 g/mol. The Labute approximate surface area is 102 Å². The first kappa shape index (κ1) is 12.9. The Hall–Kier alpha value is -0.123. The van der Waals surface area contributed by atoms with Crippen LogP contribution in [0.3, 0.4) is 0 Å². The quantitative estimate of drug-likeness (QED) is 0.574. The van der Waals surface area contributed by atoms with Crippen LogP contribution in [0.1, 0.15) is 26.7 Å². The summed E-state index contributed by atoms with van der Waals surface area (Å²) in [5.41, 5.74) is 0. The molecule has 0 spiro atoms. The Morgan fingerprint density at radius 1 is 1.20 bits per heavy atom. The van der Waals surface area contributed by atoms with Crippen molar-refractivity contribution in [2.45, 2.75) is 32.7 Å². The van der Waals surface area contributed by atoms with E-state index in [4.69, 9.17) is 4.43 Å². The van der Waals surface area contributed by atoms with Crippen LogP contribution in [0.2, 0.25) is 6.04 Å². The minimum Gasteiger partial charge on any atom is -0.403 e. The fourth-order valence-electron chi connectivity index (χ4n) is 1.62. The lowest BCUT2D eigenvalue weighted by molar-refractivity contribution is 0.344. The van der Waals surface area contributed by atoms with Crippen molar-refractivity contribution in [3.05, 3.63) is 30.3 Å². The Bertz CT molecular complexity index is 278. The molecule has 1 atom stereocenters. The van der Waals surface area contributed by atoms with E-state index in [2.05, 4.69) is 59.5 Å². The van der Waals surface area contributed by atoms with Crippen LogP contribution in [-0.4, -0.2) is 13.5 Å². The van der Waals surface area contributed by atoms with Gasteiger partial charge in [-0.05, 0) is 18.2 Å². The number of benzene rings is 1. The molecule has 0 N–H and O–H groups in total. The predicted molar refractivity (Wildman–Crippen MR) is 72.1 cm³/mol. The van der Waals surface area contributed by atoms with Gasteiger partial charge in [0.05, 0.1) is 0 Å². The third kappa shape index (κ3) is 3.74. The molecule has 0 fully saturated rings. The van der Waals surface area contributed by atoms with Crippen molar-refractivity contribution in [3.63, 3.8) is 0 Å². The fourth-order valence-corrected chi connectivity index (χ4v) is 6.50. The van der Waals surface area contributed by atoms with Crippen molar-refractivity contribution in [1.29, 1.82) is 0 Å². The lowest BCUT2D eigenvalue weighted by atomic mass is 10.4. The number of halogens is 1. The molecule has 1 unspecified atom stereocenters. The fraction of sp³-hybridized carbons (Fsp3) is 0.500. The number of unbranched alkanes of at least 4 members (excludes halogenated alkanes) is 1. The van der Waals surface area contributed by atoms with Gasteiger partial charge in [-0.15, -0.1) is 0 Å². The summed E-state index contributed by atoms with van der Waals surface area (Å²) in [7, 11) is 0. The van der Waals surface area contributed by atoms with Gasteiger partial charge in [-0.25, -0.2) is 0 Å². The van der Waals surface area contributed by atoms with E-state index in [0.29, 0.717) is 0 Å². The molecule has 0 aromatic heterocycles. The maximum Gasteiger partial charge on any atom is 0.295 e. The van der Waals surface area contributed by atoms with Crippen molar-refractivity contribution < 1.29 is 4.43 Å². The highest BCUT2D eigenvalue weighted by atomic mass is 79.9. The van der Waals surface area contributed by atoms with E-state index in [1.807, 2.05) is 0 Å². The van der Waals surface area contributed by atoms with Gasteiger partial charge >= 0.3 is 0 Å². The van der Waals surface area contributed by atoms with Crippen molar-refractivity contribution in [2.75, 3.05) is 6.61 Å². The third-order valence-corrected chi connectivity index (χ3v) is 8.62. The molecule has 0 aliphatic rings. The lowest BCUT2D eigenvalue weighted by Crippen LogP contribution is -2.44. The summed E-state index contributed by atoms with van der Waals surface area (Å²) in [5, 5.41) is 1.35. The van der Waals surface area contributed by atoms with Gasteiger partial charge in [0, 0.05) is 6.61 Å². The lowest BCUT2D eigenvalue weighted by Gasteiger charge is -2.24. The van der Waals surface area contributed by atoms with Crippen LogP contribution in [0.5, 0.6) is 0 Å². The van der Waals surface area contributed by atoms with Gasteiger partial charge in [0.25, 0.3) is 6.94 Å². The molecule has 84 valence electrons. The molecule has 1 aromatic rings. The van der Waals surface area contributed by atoms with Crippen LogP contribution in [0.25, 0.3) is 0 Å². The van der Waals surface area contributed by atoms with E-state index in [1.54, 1.807) is 0 Å². The molecule has 1 rings (SSSR count). The van der Waals surface area contributed by atoms with E-state index in [0.717, 1.165) is 12.7 Å². The Kier molecular flexibility index (Phi) is 5.57. The SMILES string of the molecule is CCCC[Si](Br)(OCC)c1ccccc1. The maximum absolute atomic E-state index is 5.97. The van der Waals surface area contributed by atoms with E-state index in [1.165, 1.54) is 18.0 Å². The highest BCUT2D eigenvalue weighted by Crippen LogP contribution is 2.22. The molecule has 0 saturated heterocycles. The van der Waals surface area contributed by atoms with Crippen LogP contribution in [0.4, 0.5) is 0 Å². The van der Waals surface area contributed by atoms with E-state index >= 15 is 0 Å². The molecule has 0 aliphatic carbocycles. The monoisotopic (exact) mass is 286 g/mol. The molecule has 1 aromatic carbocycles. The molecule has 0 radical (unpaired) electrons. The molecular weight excluding hydrogens is 268 g/mol. The first-order chi connectivity index (χ1) is 7.23. The zero-order valence-electron chi connectivity index (χ0n) is 9.50. The molecule has 0 aliphatic heterocycles. The Morgan fingerprint density at radius 3 is 2.40 bits per heavy atom. The van der Waals surface area contributed by atoms with Crippen LogP contribution < -0.4 is 5.19 Å². The second-order valence-electron chi connectivity index (χ2n) is 3.63. The first-order valence-electron chi connectivity index (χ1n) is 5.61. The summed E-state index contributed by atoms with van der Waals surface area (Å²) in [6, 6.07) is 11.7. The summed E-state index contributed by atoms with van der Waals surface area (Å²) in [4.78, 5) is 0. The average Bonchev–Trinajstić information content (AvgIpc) is 2.28. The van der Waals surface area contributed by atoms with Gasteiger partial charge in [0.15, 0.2) is 0 Å². The Morgan fingerprint density at radius 2 is 1.87 bits per heavy atom. The molecule has 15 heavy (non-hydrogen) atoms. The largest absolute Gasteiger partial charge is 0.403 e. The zero-order chi connectivity index (χ0) is 11.1. The molecule has 1 nitrogen and oxygen atoms in total. The maximum atomic E-state index is 5.97. The summed E-state index contributed by atoms with van der Waals surface area (Å²) in [6.45, 7) is 3.24. The second-order valence-corrected chi connectivity index (χ2v) is 10.3. The van der Waals surface area contributed by atoms with Crippen molar-refractivity contribution >= 4 is 27.4 Å². The molecule has 0 amide bonds. The Balaban J connectivity index is 2.80. The van der Waals surface area contributed by atoms with Crippen LogP contribution >= 0.6 is 15.3 Å². The van der Waals surface area contributed by atoms with Crippen LogP contribution in [-0.2, 0) is 4.43 Å². The molecule has 0 heterocycles. The number of rotatable bonds is 6. The smallest absolute Gasteiger partial charge is 0.295 e. The minimum absolute atomic E-state index is 0.788. The van der Waals surface area contributed by atoms with Crippen LogP contribution in [0.15, 0.2) is 30.3 Å². The van der Waals surface area contributed by atoms with Crippen molar-refractivity contribution in [3.8, 4) is 0 Å². The topological polar surface area (TPSA) is 9.23 Å². The van der Waals surface area contributed by atoms with Gasteiger partial charge < -0.3 is 4.43 Å². The summed E-state index contributed by atoms with van der Waals surface area (Å²) < 4.78 is 5.97. The van der Waals surface area contributed by atoms with Crippen molar-refractivity contribution in [2.24, 2.45) is 0 Å². The first-order valence-corrected chi connectivity index (χ1v) is 9.98. The standard InChI is InChI=1S/C12H19BrOSi/c1-3-5-11-15(13,14-4-2)12-9-7-6-8-10-12/h6-10H,3-5,11H2,1-2H3. The summed E-state index contributed by atoms with van der Waals surface area (Å²) >= 11 is 3.87. The van der Waals surface area contributed by atoms with E-state index < -0.39 is 6.94 Å². The number of hydrogen-bond donors (Lipinski definition) is 0. The van der Waals surface area contributed by atoms with Crippen LogP contribution in [0, 0.1) is 0 Å². The third-order valence-electron chi connectivity index (χ3n) is 2.43. The van der Waals surface area contributed by atoms with E-state index in [-0.39, 0.29) is 0 Å². The van der Waals surface area contributed by atoms with Gasteiger partial charge in [0.2, 0.25) is 0 Å². The molecule has 0 bridgehead atoms. The van der Waals surface area contributed by atoms with Gasteiger partial charge in [-0.2, -0.15) is 0 Å². The highest BCUT2D eigenvalue weighted by Gasteiger charge is 2.33. The van der Waals surface area contributed by atoms with Gasteiger partial charge in [-0.1, -0.05) is 65.4 Å². The number of hydrogen-bond acceptors (Lipinski definition) is 1. The molecular formula is C12H19BrOSi. The second kappa shape index (κ2) is 6.46. The minimum atomic E-state index is -1.83.